The van der Waals surface area contributed by atoms with Crippen molar-refractivity contribution >= 4 is 39.1 Å². The Morgan fingerprint density at radius 1 is 1.06 bits per heavy atom. The molecule has 2 aromatic carbocycles. The fraction of sp³-hybridized carbons (Fsp3) is 0.417. The van der Waals surface area contributed by atoms with Crippen LogP contribution >= 0.6 is 11.6 Å². The third-order valence-electron chi connectivity index (χ3n) is 5.27. The summed E-state index contributed by atoms with van der Waals surface area (Å²) in [7, 11) is -3.77. The lowest BCUT2D eigenvalue weighted by atomic mass is 10.0. The second kappa shape index (κ2) is 11.5. The lowest BCUT2D eigenvalue weighted by molar-refractivity contribution is -0.139. The lowest BCUT2D eigenvalue weighted by Gasteiger charge is -2.32. The smallest absolute Gasteiger partial charge is 0.244 e. The second-order valence-electron chi connectivity index (χ2n) is 8.21. The van der Waals surface area contributed by atoms with E-state index in [2.05, 4.69) is 5.32 Å². The molecule has 0 fully saturated rings. The Labute approximate surface area is 201 Å². The fourth-order valence-electron chi connectivity index (χ4n) is 3.53. The van der Waals surface area contributed by atoms with Crippen LogP contribution in [-0.4, -0.2) is 50.5 Å². The highest BCUT2D eigenvalue weighted by atomic mass is 35.5. The molecule has 2 aromatic rings. The molecular weight excluding hydrogens is 462 g/mol. The molecule has 0 spiro atoms. The minimum absolute atomic E-state index is 0.0531. The van der Waals surface area contributed by atoms with E-state index in [1.807, 2.05) is 26.0 Å². The molecular formula is C24H32ClN3O4S. The van der Waals surface area contributed by atoms with E-state index in [-0.39, 0.29) is 18.4 Å². The summed E-state index contributed by atoms with van der Waals surface area (Å²) in [6.07, 6.45) is 1.08. The zero-order valence-corrected chi connectivity index (χ0v) is 21.3. The number of carbonyl (C=O) groups excluding carboxylic acids is 2. The monoisotopic (exact) mass is 493 g/mol. The molecule has 0 saturated carbocycles. The maximum atomic E-state index is 13.5. The van der Waals surface area contributed by atoms with Crippen molar-refractivity contribution in [3.8, 4) is 0 Å². The van der Waals surface area contributed by atoms with Gasteiger partial charge >= 0.3 is 0 Å². The van der Waals surface area contributed by atoms with E-state index >= 15 is 0 Å². The average Bonchev–Trinajstić information content (AvgIpc) is 2.74. The van der Waals surface area contributed by atoms with Crippen LogP contribution in [0, 0.1) is 0 Å². The van der Waals surface area contributed by atoms with Crippen LogP contribution in [0.15, 0.2) is 48.5 Å². The van der Waals surface area contributed by atoms with Gasteiger partial charge in [-0.3, -0.25) is 13.9 Å². The molecule has 2 rings (SSSR count). The number of nitrogens with one attached hydrogen (secondary N) is 1. The van der Waals surface area contributed by atoms with E-state index in [1.165, 1.54) is 4.90 Å². The highest BCUT2D eigenvalue weighted by molar-refractivity contribution is 7.92. The number of carbonyl (C=O) groups is 2. The van der Waals surface area contributed by atoms with Crippen LogP contribution in [0.4, 0.5) is 5.69 Å². The van der Waals surface area contributed by atoms with E-state index in [4.69, 9.17) is 11.6 Å². The minimum atomic E-state index is -3.77. The van der Waals surface area contributed by atoms with Crippen molar-refractivity contribution in [2.75, 3.05) is 23.7 Å². The van der Waals surface area contributed by atoms with Crippen molar-refractivity contribution in [1.29, 1.82) is 0 Å². The maximum absolute atomic E-state index is 13.5. The molecule has 7 nitrogen and oxygen atoms in total. The number of anilines is 1. The topological polar surface area (TPSA) is 86.8 Å². The van der Waals surface area contributed by atoms with Gasteiger partial charge in [0.25, 0.3) is 0 Å². The molecule has 1 atom stereocenters. The Bertz CT molecular complexity index is 1090. The van der Waals surface area contributed by atoms with Crippen molar-refractivity contribution < 1.29 is 18.0 Å². The van der Waals surface area contributed by atoms with Gasteiger partial charge in [0.15, 0.2) is 0 Å². The van der Waals surface area contributed by atoms with Gasteiger partial charge in [0.2, 0.25) is 21.8 Å². The molecule has 1 N–H and O–H groups in total. The van der Waals surface area contributed by atoms with Crippen molar-refractivity contribution in [3.05, 3.63) is 64.7 Å². The quantitative estimate of drug-likeness (QED) is 0.545. The number of amides is 2. The lowest BCUT2D eigenvalue weighted by Crippen LogP contribution is -2.51. The SMILES string of the molecule is CCNC(=O)[C@@H](C)N(Cc1cccc(Cl)c1)C(=O)CN(c1ccccc1C(C)C)S(C)(=O)=O. The normalized spacial score (nSPS) is 12.3. The number of benzene rings is 2. The Kier molecular flexibility index (Phi) is 9.31. The number of sulfonamides is 1. The third kappa shape index (κ3) is 7.20. The van der Waals surface area contributed by atoms with Gasteiger partial charge in [0.1, 0.15) is 12.6 Å². The largest absolute Gasteiger partial charge is 0.355 e. The predicted octanol–water partition coefficient (Wildman–Crippen LogP) is 3.78. The Morgan fingerprint density at radius 2 is 1.73 bits per heavy atom. The van der Waals surface area contributed by atoms with Gasteiger partial charge in [0, 0.05) is 18.1 Å². The Hall–Kier alpha value is -2.58. The highest BCUT2D eigenvalue weighted by Crippen LogP contribution is 2.29. The number of para-hydroxylation sites is 1. The predicted molar refractivity (Wildman–Crippen MR) is 133 cm³/mol. The summed E-state index contributed by atoms with van der Waals surface area (Å²) in [5, 5.41) is 3.23. The Morgan fingerprint density at radius 3 is 2.30 bits per heavy atom. The van der Waals surface area contributed by atoms with Crippen LogP contribution in [-0.2, 0) is 26.2 Å². The van der Waals surface area contributed by atoms with Gasteiger partial charge in [0.05, 0.1) is 11.9 Å². The first kappa shape index (κ1) is 26.7. The molecule has 2 amide bonds. The molecule has 180 valence electrons. The van der Waals surface area contributed by atoms with Gasteiger partial charge in [-0.15, -0.1) is 0 Å². The molecule has 0 bridgehead atoms. The van der Waals surface area contributed by atoms with Crippen molar-refractivity contribution in [2.45, 2.75) is 46.2 Å². The molecule has 9 heteroatoms. The van der Waals surface area contributed by atoms with Gasteiger partial charge < -0.3 is 10.2 Å². The van der Waals surface area contributed by atoms with E-state index in [0.717, 1.165) is 21.7 Å². The van der Waals surface area contributed by atoms with Crippen LogP contribution in [0.25, 0.3) is 0 Å². The third-order valence-corrected chi connectivity index (χ3v) is 6.63. The maximum Gasteiger partial charge on any atom is 0.244 e. The van der Waals surface area contributed by atoms with Gasteiger partial charge in [-0.25, -0.2) is 8.42 Å². The van der Waals surface area contributed by atoms with Crippen molar-refractivity contribution in [1.82, 2.24) is 10.2 Å². The number of hydrogen-bond acceptors (Lipinski definition) is 4. The fourth-order valence-corrected chi connectivity index (χ4v) is 4.62. The first-order chi connectivity index (χ1) is 15.5. The number of nitrogens with zero attached hydrogens (tertiary/aromatic N) is 2. The summed E-state index contributed by atoms with van der Waals surface area (Å²) >= 11 is 6.10. The van der Waals surface area contributed by atoms with Crippen LogP contribution in [0.2, 0.25) is 5.02 Å². The molecule has 0 aromatic heterocycles. The second-order valence-corrected chi connectivity index (χ2v) is 10.5. The van der Waals surface area contributed by atoms with E-state index in [1.54, 1.807) is 50.2 Å². The summed E-state index contributed by atoms with van der Waals surface area (Å²) in [5.41, 5.74) is 2.01. The molecule has 0 unspecified atom stereocenters. The summed E-state index contributed by atoms with van der Waals surface area (Å²) in [6, 6.07) is 13.3. The number of rotatable bonds is 10. The van der Waals surface area contributed by atoms with Crippen molar-refractivity contribution in [2.24, 2.45) is 0 Å². The van der Waals surface area contributed by atoms with E-state index < -0.39 is 28.5 Å². The van der Waals surface area contributed by atoms with E-state index in [0.29, 0.717) is 17.3 Å². The number of halogens is 1. The molecule has 0 heterocycles. The van der Waals surface area contributed by atoms with Crippen molar-refractivity contribution in [3.63, 3.8) is 0 Å². The van der Waals surface area contributed by atoms with Crippen LogP contribution < -0.4 is 9.62 Å². The van der Waals surface area contributed by atoms with Gasteiger partial charge in [-0.2, -0.15) is 0 Å². The molecule has 0 aliphatic carbocycles. The highest BCUT2D eigenvalue weighted by Gasteiger charge is 2.30. The molecule has 33 heavy (non-hydrogen) atoms. The zero-order valence-electron chi connectivity index (χ0n) is 19.7. The Balaban J connectivity index is 2.45. The molecule has 0 aliphatic rings. The van der Waals surface area contributed by atoms with Crippen LogP contribution in [0.5, 0.6) is 0 Å². The molecule has 0 radical (unpaired) electrons. The van der Waals surface area contributed by atoms with E-state index in [9.17, 15) is 18.0 Å². The average molecular weight is 494 g/mol. The summed E-state index contributed by atoms with van der Waals surface area (Å²) in [5.74, 6) is -0.753. The summed E-state index contributed by atoms with van der Waals surface area (Å²) in [6.45, 7) is 7.45. The van der Waals surface area contributed by atoms with Crippen LogP contribution in [0.1, 0.15) is 44.7 Å². The van der Waals surface area contributed by atoms with Gasteiger partial charge in [-0.05, 0) is 49.1 Å². The first-order valence-corrected chi connectivity index (χ1v) is 13.1. The minimum Gasteiger partial charge on any atom is -0.355 e. The number of likely N-dealkylation sites (N-methyl/N-ethyl adjacent to an activating group) is 1. The molecule has 0 aliphatic heterocycles. The molecule has 0 saturated heterocycles. The standard InChI is InChI=1S/C24H32ClN3O4S/c1-6-26-24(30)18(4)27(15-19-10-9-11-20(25)14-19)23(29)16-28(33(5,31)32)22-13-8-7-12-21(22)17(2)3/h7-14,17-18H,6,15-16H2,1-5H3,(H,26,30)/t18-/m1/s1. The zero-order chi connectivity index (χ0) is 24.8. The summed E-state index contributed by atoms with van der Waals surface area (Å²) < 4.78 is 26.6. The number of hydrogen-bond donors (Lipinski definition) is 1. The van der Waals surface area contributed by atoms with Gasteiger partial charge in [-0.1, -0.05) is 55.8 Å². The first-order valence-electron chi connectivity index (χ1n) is 10.8. The summed E-state index contributed by atoms with van der Waals surface area (Å²) in [4.78, 5) is 27.5. The van der Waals surface area contributed by atoms with Crippen LogP contribution in [0.3, 0.4) is 0 Å².